The van der Waals surface area contributed by atoms with Gasteiger partial charge in [0.05, 0.1) is 13.0 Å². The van der Waals surface area contributed by atoms with Gasteiger partial charge >= 0.3 is 11.9 Å². The highest BCUT2D eigenvalue weighted by atomic mass is 16.5. The molecule has 0 aliphatic rings. The molecule has 0 saturated carbocycles. The fourth-order valence-electron chi connectivity index (χ4n) is 0.758. The Bertz CT molecular complexity index is 221. The molecule has 0 bridgehead atoms. The van der Waals surface area contributed by atoms with Crippen molar-refractivity contribution in [2.75, 3.05) is 6.61 Å². The number of rotatable bonds is 5. The maximum atomic E-state index is 11.0. The van der Waals surface area contributed by atoms with Crippen LogP contribution in [-0.4, -0.2) is 29.4 Å². The van der Waals surface area contributed by atoms with Crippen molar-refractivity contribution in [3.8, 4) is 0 Å². The Labute approximate surface area is 75.7 Å². The average molecular weight is 188 g/mol. The van der Waals surface area contributed by atoms with Crippen LogP contribution in [0.25, 0.3) is 0 Å². The Balaban J connectivity index is 4.09. The number of hydrogen-bond donors (Lipinski definition) is 1. The van der Waals surface area contributed by atoms with E-state index in [2.05, 4.69) is 4.74 Å². The van der Waals surface area contributed by atoms with E-state index in [1.165, 1.54) is 6.92 Å². The zero-order valence-corrected chi connectivity index (χ0v) is 7.57. The molecule has 0 aromatic heterocycles. The summed E-state index contributed by atoms with van der Waals surface area (Å²) in [7, 11) is 0. The third kappa shape index (κ3) is 4.25. The first-order valence-corrected chi connectivity index (χ1v) is 3.91. The molecule has 5 heteroatoms. The molecule has 0 rings (SSSR count). The molecule has 0 radical (unpaired) electrons. The number of aliphatic carboxylic acids is 1. The minimum atomic E-state index is -1.11. The van der Waals surface area contributed by atoms with Crippen molar-refractivity contribution >= 4 is 17.7 Å². The van der Waals surface area contributed by atoms with Gasteiger partial charge < -0.3 is 9.84 Å². The van der Waals surface area contributed by atoms with Crippen molar-refractivity contribution in [1.29, 1.82) is 0 Å². The summed E-state index contributed by atoms with van der Waals surface area (Å²) >= 11 is 0. The summed E-state index contributed by atoms with van der Waals surface area (Å²) < 4.78 is 4.42. The van der Waals surface area contributed by atoms with Crippen molar-refractivity contribution in [2.45, 2.75) is 20.3 Å². The Morgan fingerprint density at radius 1 is 1.38 bits per heavy atom. The number of hydrogen-bond acceptors (Lipinski definition) is 4. The number of carboxylic acids is 1. The molecule has 0 aromatic carbocycles. The molecular formula is C8H12O5. The maximum absolute atomic E-state index is 11.0. The fourth-order valence-corrected chi connectivity index (χ4v) is 0.758. The largest absolute Gasteiger partial charge is 0.481 e. The lowest BCUT2D eigenvalue weighted by molar-refractivity contribution is -0.156. The van der Waals surface area contributed by atoms with Crippen LogP contribution in [0.1, 0.15) is 20.3 Å². The SMILES string of the molecule is CCOC(=O)C(=O)C(C)CC(=O)O. The highest BCUT2D eigenvalue weighted by Gasteiger charge is 2.24. The van der Waals surface area contributed by atoms with Crippen LogP contribution in [0.15, 0.2) is 0 Å². The highest BCUT2D eigenvalue weighted by Crippen LogP contribution is 2.04. The third-order valence-corrected chi connectivity index (χ3v) is 1.41. The predicted octanol–water partition coefficient (Wildman–Crippen LogP) is 0.229. The van der Waals surface area contributed by atoms with Crippen molar-refractivity contribution in [3.63, 3.8) is 0 Å². The minimum absolute atomic E-state index is 0.115. The molecule has 0 heterocycles. The molecule has 0 fully saturated rings. The number of Topliss-reactive ketones (excluding diaryl/α,β-unsaturated/α-hetero) is 1. The van der Waals surface area contributed by atoms with Gasteiger partial charge in [0, 0.05) is 5.92 Å². The van der Waals surface area contributed by atoms with Crippen LogP contribution in [0.5, 0.6) is 0 Å². The molecule has 1 N–H and O–H groups in total. The number of carboxylic acid groups (broad SMARTS) is 1. The van der Waals surface area contributed by atoms with Crippen LogP contribution in [0, 0.1) is 5.92 Å². The van der Waals surface area contributed by atoms with Crippen molar-refractivity contribution < 1.29 is 24.2 Å². The van der Waals surface area contributed by atoms with Gasteiger partial charge in [0.15, 0.2) is 0 Å². The van der Waals surface area contributed by atoms with Gasteiger partial charge in [0.25, 0.3) is 0 Å². The van der Waals surface area contributed by atoms with Crippen molar-refractivity contribution in [3.05, 3.63) is 0 Å². The zero-order chi connectivity index (χ0) is 10.4. The van der Waals surface area contributed by atoms with E-state index in [1.807, 2.05) is 0 Å². The highest BCUT2D eigenvalue weighted by molar-refractivity contribution is 6.34. The Morgan fingerprint density at radius 2 is 1.92 bits per heavy atom. The minimum Gasteiger partial charge on any atom is -0.481 e. The van der Waals surface area contributed by atoms with Gasteiger partial charge in [-0.15, -0.1) is 0 Å². The lowest BCUT2D eigenvalue weighted by Gasteiger charge is -2.05. The summed E-state index contributed by atoms with van der Waals surface area (Å²) in [6.07, 6.45) is -0.350. The fraction of sp³-hybridized carbons (Fsp3) is 0.625. The maximum Gasteiger partial charge on any atom is 0.374 e. The van der Waals surface area contributed by atoms with Gasteiger partial charge in [-0.05, 0) is 6.92 Å². The second kappa shape index (κ2) is 5.29. The van der Waals surface area contributed by atoms with E-state index in [0.29, 0.717) is 0 Å². The van der Waals surface area contributed by atoms with E-state index in [4.69, 9.17) is 5.11 Å². The molecule has 1 atom stereocenters. The van der Waals surface area contributed by atoms with Gasteiger partial charge in [-0.2, -0.15) is 0 Å². The molecular weight excluding hydrogens is 176 g/mol. The Hall–Kier alpha value is -1.39. The van der Waals surface area contributed by atoms with Crippen LogP contribution < -0.4 is 0 Å². The number of esters is 1. The number of carbonyl (C=O) groups excluding carboxylic acids is 2. The van der Waals surface area contributed by atoms with E-state index in [0.717, 1.165) is 0 Å². The predicted molar refractivity (Wildman–Crippen MR) is 43.1 cm³/mol. The normalized spacial score (nSPS) is 11.8. The van der Waals surface area contributed by atoms with E-state index < -0.39 is 23.6 Å². The van der Waals surface area contributed by atoms with Gasteiger partial charge in [-0.25, -0.2) is 4.79 Å². The Kier molecular flexibility index (Phi) is 4.72. The first-order valence-electron chi connectivity index (χ1n) is 3.91. The lowest BCUT2D eigenvalue weighted by Crippen LogP contribution is -2.25. The molecule has 0 saturated heterocycles. The summed E-state index contributed by atoms with van der Waals surface area (Å²) in [5, 5.41) is 8.34. The molecule has 5 nitrogen and oxygen atoms in total. The average Bonchev–Trinajstić information content (AvgIpc) is 2.02. The van der Waals surface area contributed by atoms with Gasteiger partial charge in [-0.3, -0.25) is 9.59 Å². The first-order chi connectivity index (χ1) is 5.99. The number of ether oxygens (including phenoxy) is 1. The van der Waals surface area contributed by atoms with E-state index >= 15 is 0 Å². The van der Waals surface area contributed by atoms with Crippen LogP contribution in [-0.2, 0) is 19.1 Å². The number of ketones is 1. The summed E-state index contributed by atoms with van der Waals surface area (Å²) in [6.45, 7) is 3.07. The topological polar surface area (TPSA) is 80.7 Å². The molecule has 0 aliphatic carbocycles. The van der Waals surface area contributed by atoms with Gasteiger partial charge in [-0.1, -0.05) is 6.92 Å². The molecule has 13 heavy (non-hydrogen) atoms. The molecule has 1 unspecified atom stereocenters. The smallest absolute Gasteiger partial charge is 0.374 e. The zero-order valence-electron chi connectivity index (χ0n) is 7.57. The van der Waals surface area contributed by atoms with Crippen LogP contribution in [0.3, 0.4) is 0 Å². The molecule has 0 aromatic rings. The van der Waals surface area contributed by atoms with Crippen LogP contribution in [0.4, 0.5) is 0 Å². The molecule has 0 spiro atoms. The second-order valence-electron chi connectivity index (χ2n) is 2.58. The number of carbonyl (C=O) groups is 3. The van der Waals surface area contributed by atoms with Crippen molar-refractivity contribution in [1.82, 2.24) is 0 Å². The summed E-state index contributed by atoms with van der Waals surface area (Å²) in [5.74, 6) is -3.68. The molecule has 0 aliphatic heterocycles. The lowest BCUT2D eigenvalue weighted by atomic mass is 10.0. The van der Waals surface area contributed by atoms with E-state index in [-0.39, 0.29) is 13.0 Å². The van der Waals surface area contributed by atoms with Gasteiger partial charge in [0.1, 0.15) is 0 Å². The monoisotopic (exact) mass is 188 g/mol. The first kappa shape index (κ1) is 11.6. The van der Waals surface area contributed by atoms with Gasteiger partial charge in [0.2, 0.25) is 5.78 Å². The summed E-state index contributed by atoms with van der Waals surface area (Å²) in [5.41, 5.74) is 0. The Morgan fingerprint density at radius 3 is 2.31 bits per heavy atom. The van der Waals surface area contributed by atoms with Crippen LogP contribution in [0.2, 0.25) is 0 Å². The molecule has 74 valence electrons. The van der Waals surface area contributed by atoms with Crippen molar-refractivity contribution in [2.24, 2.45) is 5.92 Å². The molecule has 0 amide bonds. The van der Waals surface area contributed by atoms with E-state index in [9.17, 15) is 14.4 Å². The van der Waals surface area contributed by atoms with Crippen LogP contribution >= 0.6 is 0 Å². The summed E-state index contributed by atoms with van der Waals surface area (Å²) in [4.78, 5) is 32.0. The quantitative estimate of drug-likeness (QED) is 0.493. The summed E-state index contributed by atoms with van der Waals surface area (Å²) in [6, 6.07) is 0. The van der Waals surface area contributed by atoms with E-state index in [1.54, 1.807) is 6.92 Å². The third-order valence-electron chi connectivity index (χ3n) is 1.41. The standard InChI is InChI=1S/C8H12O5/c1-3-13-8(12)7(11)5(2)4-6(9)10/h5H,3-4H2,1-2H3,(H,9,10). The second-order valence-corrected chi connectivity index (χ2v) is 2.58.